The van der Waals surface area contributed by atoms with Crippen molar-refractivity contribution in [3.05, 3.63) is 65.2 Å². The molecule has 3 nitrogen and oxygen atoms in total. The number of nitrogens with zero attached hydrogens (tertiary/aromatic N) is 1. The Bertz CT molecular complexity index is 688. The molecule has 2 aromatic rings. The molecule has 1 aliphatic rings. The van der Waals surface area contributed by atoms with Gasteiger partial charge in [0.1, 0.15) is 0 Å². The lowest BCUT2D eigenvalue weighted by Crippen LogP contribution is -2.41. The van der Waals surface area contributed by atoms with Crippen LogP contribution in [0, 0.1) is 19.8 Å². The molecule has 0 spiro atoms. The molecule has 1 aliphatic heterocycles. The third-order valence-electron chi connectivity index (χ3n) is 4.90. The summed E-state index contributed by atoms with van der Waals surface area (Å²) >= 11 is 0. The van der Waals surface area contributed by atoms with Gasteiger partial charge in [-0.25, -0.2) is 4.79 Å². The second kappa shape index (κ2) is 7.52. The molecule has 126 valence electrons. The average Bonchev–Trinajstić information content (AvgIpc) is 2.60. The summed E-state index contributed by atoms with van der Waals surface area (Å²) in [7, 11) is 0. The predicted octanol–water partition coefficient (Wildman–Crippen LogP) is 4.79. The number of carbonyl (C=O) groups is 1. The van der Waals surface area contributed by atoms with Crippen molar-refractivity contribution in [1.29, 1.82) is 0 Å². The van der Waals surface area contributed by atoms with Crippen molar-refractivity contribution in [3.63, 3.8) is 0 Å². The van der Waals surface area contributed by atoms with E-state index < -0.39 is 0 Å². The third-order valence-corrected chi connectivity index (χ3v) is 4.90. The molecule has 0 atom stereocenters. The van der Waals surface area contributed by atoms with Crippen LogP contribution in [0.2, 0.25) is 0 Å². The van der Waals surface area contributed by atoms with E-state index in [0.29, 0.717) is 5.92 Å². The molecule has 0 aromatic heterocycles. The quantitative estimate of drug-likeness (QED) is 0.865. The Morgan fingerprint density at radius 1 is 1.08 bits per heavy atom. The Morgan fingerprint density at radius 2 is 1.79 bits per heavy atom. The average molecular weight is 322 g/mol. The van der Waals surface area contributed by atoms with E-state index in [1.54, 1.807) is 0 Å². The van der Waals surface area contributed by atoms with E-state index in [0.717, 1.165) is 49.2 Å². The number of hydrogen-bond donors (Lipinski definition) is 1. The zero-order valence-corrected chi connectivity index (χ0v) is 14.6. The topological polar surface area (TPSA) is 32.3 Å². The zero-order chi connectivity index (χ0) is 16.9. The molecule has 1 heterocycles. The van der Waals surface area contributed by atoms with E-state index in [2.05, 4.69) is 47.8 Å². The van der Waals surface area contributed by atoms with Crippen LogP contribution in [-0.4, -0.2) is 24.0 Å². The Labute approximate surface area is 144 Å². The second-order valence-corrected chi connectivity index (χ2v) is 6.87. The van der Waals surface area contributed by atoms with E-state index >= 15 is 0 Å². The van der Waals surface area contributed by atoms with Gasteiger partial charge in [-0.05, 0) is 61.8 Å². The van der Waals surface area contributed by atoms with E-state index in [1.807, 2.05) is 24.8 Å². The number of benzene rings is 2. The summed E-state index contributed by atoms with van der Waals surface area (Å²) in [5.41, 5.74) is 4.59. The molecular formula is C21H26N2O. The van der Waals surface area contributed by atoms with Gasteiger partial charge in [-0.3, -0.25) is 0 Å². The Balaban J connectivity index is 1.52. The summed E-state index contributed by atoms with van der Waals surface area (Å²) < 4.78 is 0. The third kappa shape index (κ3) is 4.16. The number of rotatable bonds is 3. The highest BCUT2D eigenvalue weighted by Crippen LogP contribution is 2.23. The molecule has 2 aromatic carbocycles. The molecule has 1 N–H and O–H groups in total. The van der Waals surface area contributed by atoms with E-state index in [-0.39, 0.29) is 6.03 Å². The maximum absolute atomic E-state index is 12.5. The van der Waals surface area contributed by atoms with Crippen LogP contribution in [0.3, 0.4) is 0 Å². The first-order valence-corrected chi connectivity index (χ1v) is 8.79. The minimum atomic E-state index is 0.0295. The fourth-order valence-electron chi connectivity index (χ4n) is 3.35. The molecule has 0 radical (unpaired) electrons. The monoisotopic (exact) mass is 322 g/mol. The zero-order valence-electron chi connectivity index (χ0n) is 14.6. The maximum atomic E-state index is 12.5. The van der Waals surface area contributed by atoms with E-state index in [9.17, 15) is 4.79 Å². The molecular weight excluding hydrogens is 296 g/mol. The molecule has 3 heteroatoms. The van der Waals surface area contributed by atoms with Gasteiger partial charge in [0.25, 0.3) is 0 Å². The molecule has 1 fully saturated rings. The molecule has 0 bridgehead atoms. The highest BCUT2D eigenvalue weighted by atomic mass is 16.2. The van der Waals surface area contributed by atoms with Crippen molar-refractivity contribution in [2.24, 2.45) is 5.92 Å². The normalized spacial score (nSPS) is 15.3. The number of aryl methyl sites for hydroxylation is 2. The second-order valence-electron chi connectivity index (χ2n) is 6.87. The van der Waals surface area contributed by atoms with Gasteiger partial charge in [0, 0.05) is 18.8 Å². The number of hydrogen-bond acceptors (Lipinski definition) is 1. The van der Waals surface area contributed by atoms with Crippen LogP contribution >= 0.6 is 0 Å². The number of carbonyl (C=O) groups excluding carboxylic acids is 1. The van der Waals surface area contributed by atoms with Gasteiger partial charge in [0.2, 0.25) is 0 Å². The number of piperidine rings is 1. The SMILES string of the molecule is Cc1ccc(C)c(NC(=O)N2CCC(Cc3ccccc3)CC2)c1. The fourth-order valence-corrected chi connectivity index (χ4v) is 3.35. The minimum absolute atomic E-state index is 0.0295. The molecule has 1 saturated heterocycles. The molecule has 0 aliphatic carbocycles. The van der Waals surface area contributed by atoms with Gasteiger partial charge in [0.15, 0.2) is 0 Å². The molecule has 2 amide bonds. The summed E-state index contributed by atoms with van der Waals surface area (Å²) in [4.78, 5) is 14.5. The highest BCUT2D eigenvalue weighted by Gasteiger charge is 2.23. The van der Waals surface area contributed by atoms with Crippen molar-refractivity contribution in [1.82, 2.24) is 4.90 Å². The first-order chi connectivity index (χ1) is 11.6. The number of anilines is 1. The number of likely N-dealkylation sites (tertiary alicyclic amines) is 1. The minimum Gasteiger partial charge on any atom is -0.325 e. The lowest BCUT2D eigenvalue weighted by molar-refractivity contribution is 0.182. The van der Waals surface area contributed by atoms with Crippen molar-refractivity contribution >= 4 is 11.7 Å². The smallest absolute Gasteiger partial charge is 0.321 e. The van der Waals surface area contributed by atoms with Crippen LogP contribution in [-0.2, 0) is 6.42 Å². The molecule has 0 unspecified atom stereocenters. The van der Waals surface area contributed by atoms with Crippen molar-refractivity contribution < 1.29 is 4.79 Å². The van der Waals surface area contributed by atoms with Crippen LogP contribution in [0.15, 0.2) is 48.5 Å². The Kier molecular flexibility index (Phi) is 5.19. The van der Waals surface area contributed by atoms with E-state index in [1.165, 1.54) is 5.56 Å². The van der Waals surface area contributed by atoms with Crippen molar-refractivity contribution in [2.45, 2.75) is 33.1 Å². The van der Waals surface area contributed by atoms with Gasteiger partial charge in [-0.2, -0.15) is 0 Å². The summed E-state index contributed by atoms with van der Waals surface area (Å²) in [6.45, 7) is 5.76. The van der Waals surface area contributed by atoms with Crippen LogP contribution < -0.4 is 5.32 Å². The summed E-state index contributed by atoms with van der Waals surface area (Å²) in [5, 5.41) is 3.07. The Hall–Kier alpha value is -2.29. The van der Waals surface area contributed by atoms with Gasteiger partial charge in [0.05, 0.1) is 0 Å². The fraction of sp³-hybridized carbons (Fsp3) is 0.381. The molecule has 24 heavy (non-hydrogen) atoms. The van der Waals surface area contributed by atoms with Crippen LogP contribution in [0.25, 0.3) is 0 Å². The van der Waals surface area contributed by atoms with Gasteiger partial charge in [-0.15, -0.1) is 0 Å². The van der Waals surface area contributed by atoms with Gasteiger partial charge >= 0.3 is 6.03 Å². The van der Waals surface area contributed by atoms with Crippen LogP contribution in [0.1, 0.15) is 29.5 Å². The standard InChI is InChI=1S/C21H26N2O/c1-16-8-9-17(2)20(14-16)22-21(24)23-12-10-19(11-13-23)15-18-6-4-3-5-7-18/h3-9,14,19H,10-13,15H2,1-2H3,(H,22,24). The number of nitrogens with one attached hydrogen (secondary N) is 1. The number of amides is 2. The first kappa shape index (κ1) is 16.6. The maximum Gasteiger partial charge on any atom is 0.321 e. The Morgan fingerprint density at radius 3 is 2.50 bits per heavy atom. The lowest BCUT2D eigenvalue weighted by Gasteiger charge is -2.32. The summed E-state index contributed by atoms with van der Waals surface area (Å²) in [6.07, 6.45) is 3.28. The summed E-state index contributed by atoms with van der Waals surface area (Å²) in [6, 6.07) is 16.8. The first-order valence-electron chi connectivity index (χ1n) is 8.79. The van der Waals surface area contributed by atoms with Crippen molar-refractivity contribution in [2.75, 3.05) is 18.4 Å². The summed E-state index contributed by atoms with van der Waals surface area (Å²) in [5.74, 6) is 0.678. The lowest BCUT2D eigenvalue weighted by atomic mass is 9.90. The molecule has 3 rings (SSSR count). The van der Waals surface area contributed by atoms with E-state index in [4.69, 9.17) is 0 Å². The number of urea groups is 1. The van der Waals surface area contributed by atoms with Crippen LogP contribution in [0.4, 0.5) is 10.5 Å². The molecule has 0 saturated carbocycles. The van der Waals surface area contributed by atoms with Crippen LogP contribution in [0.5, 0.6) is 0 Å². The van der Waals surface area contributed by atoms with Gasteiger partial charge in [-0.1, -0.05) is 42.5 Å². The van der Waals surface area contributed by atoms with Gasteiger partial charge < -0.3 is 10.2 Å². The van der Waals surface area contributed by atoms with Crippen molar-refractivity contribution in [3.8, 4) is 0 Å². The highest BCUT2D eigenvalue weighted by molar-refractivity contribution is 5.90. The largest absolute Gasteiger partial charge is 0.325 e. The predicted molar refractivity (Wildman–Crippen MR) is 99.4 cm³/mol.